The van der Waals surface area contributed by atoms with Crippen LogP contribution in [0.2, 0.25) is 0 Å². The first kappa shape index (κ1) is 55.5. The van der Waals surface area contributed by atoms with E-state index in [1.165, 1.54) is 32.4 Å². The van der Waals surface area contributed by atoms with Crippen molar-refractivity contribution in [3.8, 4) is 0 Å². The number of carbonyl (C=O) groups is 6. The van der Waals surface area contributed by atoms with Crippen LogP contribution >= 0.6 is 0 Å². The van der Waals surface area contributed by atoms with Crippen molar-refractivity contribution in [1.82, 2.24) is 19.6 Å². The van der Waals surface area contributed by atoms with E-state index < -0.39 is 59.5 Å². The van der Waals surface area contributed by atoms with E-state index in [4.69, 9.17) is 23.7 Å². The Kier molecular flexibility index (Phi) is 21.6. The number of para-hydroxylation sites is 2. The topological polar surface area (TPSA) is 186 Å². The molecule has 17 nitrogen and oxygen atoms in total. The number of hydrogen-bond donors (Lipinski definition) is 2. The number of ether oxygens (including phenoxy) is 5. The molecule has 0 spiro atoms. The molecule has 70 heavy (non-hydrogen) atoms. The fraction of sp³-hybridized carbons (Fsp3) is 0.423. The zero-order chi connectivity index (χ0) is 49.8. The Labute approximate surface area is 413 Å². The molecule has 3 fully saturated rings. The van der Waals surface area contributed by atoms with E-state index in [1.54, 1.807) is 90.1 Å². The molecular formula is C52H66BN6O11. The van der Waals surface area contributed by atoms with Crippen molar-refractivity contribution in [2.45, 2.75) is 90.9 Å². The predicted molar refractivity (Wildman–Crippen MR) is 266 cm³/mol. The number of carbonyl (C=O) groups excluding carboxylic acids is 6. The maximum Gasteiger partial charge on any atom is 0.410 e. The van der Waals surface area contributed by atoms with Crippen molar-refractivity contribution in [1.29, 1.82) is 0 Å². The molecule has 0 saturated carbocycles. The molecule has 7 rings (SSSR count). The molecule has 2 unspecified atom stereocenters. The summed E-state index contributed by atoms with van der Waals surface area (Å²) in [5.74, 6) is -0.803. The Bertz CT molecular complexity index is 2100. The monoisotopic (exact) mass is 961 g/mol. The minimum absolute atomic E-state index is 0. The molecule has 3 saturated heterocycles. The highest BCUT2D eigenvalue weighted by Crippen LogP contribution is 2.21. The Morgan fingerprint density at radius 3 is 1.13 bits per heavy atom. The van der Waals surface area contributed by atoms with Crippen LogP contribution in [-0.2, 0) is 46.5 Å². The Balaban J connectivity index is 0.000000272. The molecule has 2 atom stereocenters. The van der Waals surface area contributed by atoms with Crippen molar-refractivity contribution >= 4 is 56.0 Å². The van der Waals surface area contributed by atoms with Crippen LogP contribution in [0, 0.1) is 0 Å². The van der Waals surface area contributed by atoms with Crippen LogP contribution in [0.3, 0.4) is 0 Å². The van der Waals surface area contributed by atoms with Crippen LogP contribution in [0.1, 0.15) is 65.5 Å². The van der Waals surface area contributed by atoms with Crippen molar-refractivity contribution in [3.05, 3.63) is 132 Å². The van der Waals surface area contributed by atoms with Crippen molar-refractivity contribution in [3.63, 3.8) is 0 Å². The first-order valence-corrected chi connectivity index (χ1v) is 23.2. The van der Waals surface area contributed by atoms with Gasteiger partial charge in [0.25, 0.3) is 0 Å². The van der Waals surface area contributed by atoms with E-state index in [1.807, 2.05) is 72.8 Å². The highest BCUT2D eigenvalue weighted by atomic mass is 16.6. The second-order valence-electron chi connectivity index (χ2n) is 18.4. The average molecular weight is 962 g/mol. The normalized spacial score (nSPS) is 16.6. The van der Waals surface area contributed by atoms with Gasteiger partial charge in [0.05, 0.1) is 13.1 Å². The van der Waals surface area contributed by atoms with E-state index >= 15 is 0 Å². The maximum absolute atomic E-state index is 13.1. The van der Waals surface area contributed by atoms with Gasteiger partial charge in [-0.2, -0.15) is 0 Å². The highest BCUT2D eigenvalue weighted by Gasteiger charge is 2.41. The number of benzene rings is 4. The number of amides is 6. The Morgan fingerprint density at radius 1 is 0.500 bits per heavy atom. The van der Waals surface area contributed by atoms with Gasteiger partial charge in [0.2, 0.25) is 11.8 Å². The molecule has 0 aliphatic carbocycles. The lowest BCUT2D eigenvalue weighted by atomic mass is 10.1. The molecule has 4 aromatic carbocycles. The lowest BCUT2D eigenvalue weighted by Crippen LogP contribution is -2.61. The molecule has 2 N–H and O–H groups in total. The standard InChI is InChI=1S/2C24H29N3O5.C4H8O.B/c2*1-24(2,3)32-22(29)26-14-15-27(23(30)31-17-18-10-6-4-7-11-18)20(16-26)21(28)25-19-12-8-5-9-13-19;1-2-4-5-3-1;/h2*4-13,20H,14-17H2,1-3H3,(H,25,28);1-4H2;. The van der Waals surface area contributed by atoms with Gasteiger partial charge in [-0.15, -0.1) is 0 Å². The molecular weight excluding hydrogens is 895 g/mol. The van der Waals surface area contributed by atoms with Gasteiger partial charge >= 0.3 is 24.4 Å². The van der Waals surface area contributed by atoms with Gasteiger partial charge in [0.1, 0.15) is 36.5 Å². The van der Waals surface area contributed by atoms with E-state index in [2.05, 4.69) is 10.6 Å². The van der Waals surface area contributed by atoms with Crippen LogP contribution in [-0.4, -0.2) is 140 Å². The van der Waals surface area contributed by atoms with Crippen LogP contribution in [0.5, 0.6) is 0 Å². The van der Waals surface area contributed by atoms with Gasteiger partial charge in [-0.05, 0) is 89.8 Å². The fourth-order valence-electron chi connectivity index (χ4n) is 7.05. The summed E-state index contributed by atoms with van der Waals surface area (Å²) in [4.78, 5) is 82.6. The minimum atomic E-state index is -0.917. The third kappa shape index (κ3) is 18.8. The Hall–Kier alpha value is -7.08. The third-order valence-corrected chi connectivity index (χ3v) is 10.5. The number of piperazine rings is 2. The maximum atomic E-state index is 13.1. The fourth-order valence-corrected chi connectivity index (χ4v) is 7.05. The number of hydrogen-bond acceptors (Lipinski definition) is 11. The molecule has 0 aromatic heterocycles. The number of nitrogens with zero attached hydrogens (tertiary/aromatic N) is 4. The Morgan fingerprint density at radius 2 is 0.829 bits per heavy atom. The summed E-state index contributed by atoms with van der Waals surface area (Å²) in [6.45, 7) is 13.7. The van der Waals surface area contributed by atoms with Gasteiger partial charge in [-0.25, -0.2) is 19.2 Å². The molecule has 0 bridgehead atoms. The molecule has 4 aromatic rings. The number of nitrogens with one attached hydrogen (secondary N) is 2. The molecule has 373 valence electrons. The first-order chi connectivity index (χ1) is 33.0. The molecule has 3 radical (unpaired) electrons. The molecule has 6 amide bonds. The number of rotatable bonds is 8. The summed E-state index contributed by atoms with van der Waals surface area (Å²) in [5, 5.41) is 5.62. The van der Waals surface area contributed by atoms with Crippen molar-refractivity contribution in [2.75, 3.05) is 63.1 Å². The molecule has 18 heteroatoms. The van der Waals surface area contributed by atoms with E-state index in [9.17, 15) is 28.8 Å². The molecule has 3 aliphatic rings. The number of anilines is 2. The summed E-state index contributed by atoms with van der Waals surface area (Å²) in [6, 6.07) is 34.7. The summed E-state index contributed by atoms with van der Waals surface area (Å²) >= 11 is 0. The molecule has 3 heterocycles. The first-order valence-electron chi connectivity index (χ1n) is 23.2. The van der Waals surface area contributed by atoms with E-state index in [0.717, 1.165) is 24.3 Å². The minimum Gasteiger partial charge on any atom is -0.445 e. The van der Waals surface area contributed by atoms with Gasteiger partial charge in [0, 0.05) is 59.2 Å². The van der Waals surface area contributed by atoms with Crippen LogP contribution in [0.15, 0.2) is 121 Å². The van der Waals surface area contributed by atoms with E-state index in [0.29, 0.717) is 11.4 Å². The van der Waals surface area contributed by atoms with Gasteiger partial charge < -0.3 is 44.1 Å². The largest absolute Gasteiger partial charge is 0.445 e. The van der Waals surface area contributed by atoms with Crippen LogP contribution in [0.4, 0.5) is 30.6 Å². The third-order valence-electron chi connectivity index (χ3n) is 10.5. The summed E-state index contributed by atoms with van der Waals surface area (Å²) in [5.41, 5.74) is 1.57. The van der Waals surface area contributed by atoms with Gasteiger partial charge in [-0.3, -0.25) is 19.4 Å². The quantitative estimate of drug-likeness (QED) is 0.128. The van der Waals surface area contributed by atoms with Gasteiger partial charge in [0.15, 0.2) is 0 Å². The summed E-state index contributed by atoms with van der Waals surface area (Å²) < 4.78 is 26.7. The zero-order valence-electron chi connectivity index (χ0n) is 41.0. The van der Waals surface area contributed by atoms with Crippen molar-refractivity contribution < 1.29 is 52.5 Å². The highest BCUT2D eigenvalue weighted by molar-refractivity contribution is 5.98. The summed E-state index contributed by atoms with van der Waals surface area (Å²) in [6.07, 6.45) is 0.302. The smallest absolute Gasteiger partial charge is 0.410 e. The van der Waals surface area contributed by atoms with E-state index in [-0.39, 0.29) is 60.9 Å². The lowest BCUT2D eigenvalue weighted by molar-refractivity contribution is -0.123. The SMILES string of the molecule is C1CCOC1.CC(C)(C)OC(=O)N1CCN(C(=O)OCc2ccccc2)C(C(=O)Nc2ccccc2)C1.CC(C)(C)OC(=O)N1CCN(C(=O)OCc2ccccc2)C(C(=O)Nc2ccccc2)C1.[B]. The average Bonchev–Trinajstić information content (AvgIpc) is 3.93. The van der Waals surface area contributed by atoms with Crippen molar-refractivity contribution in [2.24, 2.45) is 0 Å². The van der Waals surface area contributed by atoms with Gasteiger partial charge in [-0.1, -0.05) is 97.1 Å². The van der Waals surface area contributed by atoms with Crippen LogP contribution < -0.4 is 10.6 Å². The summed E-state index contributed by atoms with van der Waals surface area (Å²) in [7, 11) is 0. The van der Waals surface area contributed by atoms with Crippen LogP contribution in [0.25, 0.3) is 0 Å². The molecule has 3 aliphatic heterocycles. The second kappa shape index (κ2) is 27.2. The lowest BCUT2D eigenvalue weighted by Gasteiger charge is -2.40. The zero-order valence-corrected chi connectivity index (χ0v) is 41.0. The second-order valence-corrected chi connectivity index (χ2v) is 18.4. The predicted octanol–water partition coefficient (Wildman–Crippen LogP) is 8.18.